The van der Waals surface area contributed by atoms with Gasteiger partial charge in [-0.2, -0.15) is 0 Å². The van der Waals surface area contributed by atoms with E-state index < -0.39 is 0 Å². The molecule has 0 spiro atoms. The maximum atomic E-state index is 12.1. The zero-order chi connectivity index (χ0) is 13.8. The average molecular weight is 258 g/mol. The highest BCUT2D eigenvalue weighted by atomic mass is 16.2. The van der Waals surface area contributed by atoms with E-state index in [0.717, 1.165) is 25.1 Å². The maximum Gasteiger partial charge on any atom is 0.246 e. The lowest BCUT2D eigenvalue weighted by molar-refractivity contribution is -0.125. The van der Waals surface area contributed by atoms with E-state index in [4.69, 9.17) is 5.73 Å². The predicted octanol–water partition coefficient (Wildman–Crippen LogP) is 2.12. The van der Waals surface area contributed by atoms with Gasteiger partial charge in [-0.05, 0) is 49.9 Å². The smallest absolute Gasteiger partial charge is 0.246 e. The van der Waals surface area contributed by atoms with Crippen LogP contribution in [0.4, 0.5) is 0 Å². The van der Waals surface area contributed by atoms with Crippen LogP contribution in [0.25, 0.3) is 6.08 Å². The lowest BCUT2D eigenvalue weighted by Crippen LogP contribution is -2.28. The molecule has 1 fully saturated rings. The molecule has 1 saturated heterocycles. The van der Waals surface area contributed by atoms with Crippen molar-refractivity contribution in [2.24, 2.45) is 11.7 Å². The van der Waals surface area contributed by atoms with Gasteiger partial charge in [0.2, 0.25) is 5.91 Å². The second-order valence-corrected chi connectivity index (χ2v) is 5.37. The summed E-state index contributed by atoms with van der Waals surface area (Å²) in [6, 6.07) is 6.25. The molecule has 1 unspecified atom stereocenters. The number of carbonyl (C=O) groups excluding carboxylic acids is 1. The molecule has 0 aromatic heterocycles. The molecule has 1 aromatic rings. The van der Waals surface area contributed by atoms with E-state index >= 15 is 0 Å². The Balaban J connectivity index is 2.00. The van der Waals surface area contributed by atoms with Crippen LogP contribution in [-0.2, 0) is 4.79 Å². The summed E-state index contributed by atoms with van der Waals surface area (Å²) in [5.74, 6) is 0.564. The molecular weight excluding hydrogens is 236 g/mol. The molecule has 2 N–H and O–H groups in total. The van der Waals surface area contributed by atoms with Crippen LogP contribution in [0, 0.1) is 19.8 Å². The highest BCUT2D eigenvalue weighted by Crippen LogP contribution is 2.16. The number of hydrogen-bond acceptors (Lipinski definition) is 2. The number of nitrogens with two attached hydrogens (primary N) is 1. The molecule has 1 aliphatic heterocycles. The van der Waals surface area contributed by atoms with Gasteiger partial charge in [0.1, 0.15) is 0 Å². The van der Waals surface area contributed by atoms with Crippen LogP contribution in [0.5, 0.6) is 0 Å². The zero-order valence-corrected chi connectivity index (χ0v) is 11.7. The lowest BCUT2D eigenvalue weighted by Gasteiger charge is -2.13. The number of rotatable bonds is 3. The van der Waals surface area contributed by atoms with Crippen LogP contribution in [-0.4, -0.2) is 30.4 Å². The summed E-state index contributed by atoms with van der Waals surface area (Å²) in [5.41, 5.74) is 9.19. The molecule has 0 radical (unpaired) electrons. The van der Waals surface area contributed by atoms with E-state index in [1.165, 1.54) is 11.1 Å². The summed E-state index contributed by atoms with van der Waals surface area (Å²) >= 11 is 0. The third-order valence-electron chi connectivity index (χ3n) is 3.76. The SMILES string of the molecule is Cc1ccc(/C=C/C(=O)N2CCC(CN)C2)c(C)c1. The van der Waals surface area contributed by atoms with Crippen molar-refractivity contribution in [3.8, 4) is 0 Å². The minimum absolute atomic E-state index is 0.0934. The first kappa shape index (κ1) is 13.8. The van der Waals surface area contributed by atoms with Gasteiger partial charge >= 0.3 is 0 Å². The zero-order valence-electron chi connectivity index (χ0n) is 11.7. The lowest BCUT2D eigenvalue weighted by atomic mass is 10.1. The van der Waals surface area contributed by atoms with Crippen molar-refractivity contribution in [2.75, 3.05) is 19.6 Å². The molecule has 3 nitrogen and oxygen atoms in total. The third-order valence-corrected chi connectivity index (χ3v) is 3.76. The Labute approximate surface area is 115 Å². The fourth-order valence-electron chi connectivity index (χ4n) is 2.50. The molecule has 0 saturated carbocycles. The highest BCUT2D eigenvalue weighted by Gasteiger charge is 2.23. The van der Waals surface area contributed by atoms with Crippen LogP contribution >= 0.6 is 0 Å². The van der Waals surface area contributed by atoms with Gasteiger partial charge in [-0.3, -0.25) is 4.79 Å². The summed E-state index contributed by atoms with van der Waals surface area (Å²) in [6.45, 7) is 6.44. The summed E-state index contributed by atoms with van der Waals surface area (Å²) in [5, 5.41) is 0. The summed E-state index contributed by atoms with van der Waals surface area (Å²) in [6.07, 6.45) is 4.61. The first-order chi connectivity index (χ1) is 9.10. The largest absolute Gasteiger partial charge is 0.339 e. The molecule has 1 heterocycles. The van der Waals surface area contributed by atoms with Gasteiger partial charge in [-0.15, -0.1) is 0 Å². The molecule has 3 heteroatoms. The van der Waals surface area contributed by atoms with Gasteiger partial charge in [0.05, 0.1) is 0 Å². The molecule has 1 atom stereocenters. The number of carbonyl (C=O) groups is 1. The highest BCUT2D eigenvalue weighted by molar-refractivity contribution is 5.92. The molecule has 0 bridgehead atoms. The van der Waals surface area contributed by atoms with Crippen LogP contribution < -0.4 is 5.73 Å². The standard InChI is InChI=1S/C16H22N2O/c1-12-3-4-15(13(2)9-12)5-6-16(19)18-8-7-14(10-17)11-18/h3-6,9,14H,7-8,10-11,17H2,1-2H3/b6-5+. The maximum absolute atomic E-state index is 12.1. The average Bonchev–Trinajstić information content (AvgIpc) is 2.86. The number of nitrogens with zero attached hydrogens (tertiary/aromatic N) is 1. The van der Waals surface area contributed by atoms with Crippen molar-refractivity contribution < 1.29 is 4.79 Å². The topological polar surface area (TPSA) is 46.3 Å². The van der Waals surface area contributed by atoms with Crippen molar-refractivity contribution in [1.82, 2.24) is 4.90 Å². The molecule has 19 heavy (non-hydrogen) atoms. The van der Waals surface area contributed by atoms with Gasteiger partial charge in [0.25, 0.3) is 0 Å². The summed E-state index contributed by atoms with van der Waals surface area (Å²) < 4.78 is 0. The Morgan fingerprint density at radius 1 is 1.47 bits per heavy atom. The van der Waals surface area contributed by atoms with Crippen molar-refractivity contribution in [3.05, 3.63) is 41.0 Å². The van der Waals surface area contributed by atoms with Gasteiger partial charge in [0.15, 0.2) is 0 Å². The van der Waals surface area contributed by atoms with E-state index in [1.54, 1.807) is 6.08 Å². The number of aryl methyl sites for hydroxylation is 2. The van der Waals surface area contributed by atoms with Gasteiger partial charge in [-0.25, -0.2) is 0 Å². The van der Waals surface area contributed by atoms with E-state index in [9.17, 15) is 4.79 Å². The fourth-order valence-corrected chi connectivity index (χ4v) is 2.50. The number of amides is 1. The molecule has 0 aliphatic carbocycles. The summed E-state index contributed by atoms with van der Waals surface area (Å²) in [7, 11) is 0. The Bertz CT molecular complexity index is 494. The second-order valence-electron chi connectivity index (χ2n) is 5.37. The van der Waals surface area contributed by atoms with Crippen molar-refractivity contribution in [3.63, 3.8) is 0 Å². The number of hydrogen-bond donors (Lipinski definition) is 1. The number of likely N-dealkylation sites (tertiary alicyclic amines) is 1. The fraction of sp³-hybridized carbons (Fsp3) is 0.438. The van der Waals surface area contributed by atoms with Gasteiger partial charge in [0, 0.05) is 19.2 Å². The van der Waals surface area contributed by atoms with Gasteiger partial charge in [-0.1, -0.05) is 23.8 Å². The van der Waals surface area contributed by atoms with Crippen LogP contribution in [0.3, 0.4) is 0 Å². The van der Waals surface area contributed by atoms with E-state index in [0.29, 0.717) is 12.5 Å². The second kappa shape index (κ2) is 6.02. The van der Waals surface area contributed by atoms with E-state index in [1.807, 2.05) is 11.0 Å². The molecule has 1 aliphatic rings. The number of benzene rings is 1. The molecule has 102 valence electrons. The Morgan fingerprint density at radius 2 is 2.26 bits per heavy atom. The quantitative estimate of drug-likeness (QED) is 0.844. The Morgan fingerprint density at radius 3 is 2.89 bits per heavy atom. The molecule has 1 aromatic carbocycles. The summed E-state index contributed by atoms with van der Waals surface area (Å²) in [4.78, 5) is 13.9. The minimum Gasteiger partial charge on any atom is -0.339 e. The monoisotopic (exact) mass is 258 g/mol. The minimum atomic E-state index is 0.0934. The first-order valence-electron chi connectivity index (χ1n) is 6.84. The van der Waals surface area contributed by atoms with Gasteiger partial charge < -0.3 is 10.6 Å². The molecule has 2 rings (SSSR count). The molecule has 1 amide bonds. The van der Waals surface area contributed by atoms with Crippen LogP contribution in [0.2, 0.25) is 0 Å². The van der Waals surface area contributed by atoms with E-state index in [-0.39, 0.29) is 5.91 Å². The van der Waals surface area contributed by atoms with E-state index in [2.05, 4.69) is 32.0 Å². The first-order valence-corrected chi connectivity index (χ1v) is 6.84. The van der Waals surface area contributed by atoms with Crippen molar-refractivity contribution in [1.29, 1.82) is 0 Å². The Hall–Kier alpha value is -1.61. The normalized spacial score (nSPS) is 19.3. The molecular formula is C16H22N2O. The third kappa shape index (κ3) is 3.44. The van der Waals surface area contributed by atoms with Crippen molar-refractivity contribution in [2.45, 2.75) is 20.3 Å². The Kier molecular flexibility index (Phi) is 4.38. The van der Waals surface area contributed by atoms with Crippen LogP contribution in [0.15, 0.2) is 24.3 Å². The predicted molar refractivity (Wildman–Crippen MR) is 78.7 cm³/mol. The van der Waals surface area contributed by atoms with Crippen LogP contribution in [0.1, 0.15) is 23.1 Å². The van der Waals surface area contributed by atoms with Crippen molar-refractivity contribution >= 4 is 12.0 Å².